The van der Waals surface area contributed by atoms with E-state index in [9.17, 15) is 4.21 Å². The largest absolute Gasteiger partial charge is 0.311 e. The van der Waals surface area contributed by atoms with Crippen LogP contribution in [0.4, 0.5) is 0 Å². The highest BCUT2D eigenvalue weighted by Gasteiger charge is 2.22. The van der Waals surface area contributed by atoms with E-state index in [4.69, 9.17) is 0 Å². The maximum Gasteiger partial charge on any atom is 0.0249 e. The third-order valence-electron chi connectivity index (χ3n) is 4.13. The zero-order valence-corrected chi connectivity index (χ0v) is 11.8. The third kappa shape index (κ3) is 4.34. The highest BCUT2D eigenvalue weighted by Crippen LogP contribution is 2.15. The van der Waals surface area contributed by atoms with Gasteiger partial charge in [0, 0.05) is 34.4 Å². The molecule has 0 aromatic rings. The average Bonchev–Trinajstić information content (AvgIpc) is 2.57. The summed E-state index contributed by atoms with van der Waals surface area (Å²) in [7, 11) is -0.526. The van der Waals surface area contributed by atoms with Crippen molar-refractivity contribution in [3.63, 3.8) is 0 Å². The molecule has 17 heavy (non-hydrogen) atoms. The van der Waals surface area contributed by atoms with Gasteiger partial charge in [0.25, 0.3) is 0 Å². The van der Waals surface area contributed by atoms with Gasteiger partial charge in [-0.1, -0.05) is 6.92 Å². The minimum absolute atomic E-state index is 0.526. The van der Waals surface area contributed by atoms with Crippen molar-refractivity contribution in [3.8, 4) is 0 Å². The normalized spacial score (nSPS) is 36.6. The summed E-state index contributed by atoms with van der Waals surface area (Å²) < 4.78 is 11.3. The molecule has 3 nitrogen and oxygen atoms in total. The van der Waals surface area contributed by atoms with Crippen molar-refractivity contribution in [1.82, 2.24) is 10.2 Å². The van der Waals surface area contributed by atoms with E-state index in [1.807, 2.05) is 0 Å². The summed E-state index contributed by atoms with van der Waals surface area (Å²) in [5, 5.41) is 3.80. The van der Waals surface area contributed by atoms with Crippen molar-refractivity contribution in [1.29, 1.82) is 0 Å². The topological polar surface area (TPSA) is 32.3 Å². The van der Waals surface area contributed by atoms with Crippen LogP contribution in [0.2, 0.25) is 0 Å². The second-order valence-electron chi connectivity index (χ2n) is 5.35. The predicted molar refractivity (Wildman–Crippen MR) is 73.8 cm³/mol. The summed E-state index contributed by atoms with van der Waals surface area (Å²) in [4.78, 5) is 2.55. The van der Waals surface area contributed by atoms with Crippen molar-refractivity contribution in [2.75, 3.05) is 31.1 Å². The highest BCUT2D eigenvalue weighted by molar-refractivity contribution is 7.85. The van der Waals surface area contributed by atoms with Crippen LogP contribution in [0.25, 0.3) is 0 Å². The Morgan fingerprint density at radius 1 is 1.12 bits per heavy atom. The zero-order chi connectivity index (χ0) is 12.1. The molecule has 0 aromatic carbocycles. The molecular weight excluding hydrogens is 232 g/mol. The molecule has 0 spiro atoms. The molecule has 0 radical (unpaired) electrons. The van der Waals surface area contributed by atoms with E-state index < -0.39 is 10.8 Å². The van der Waals surface area contributed by atoms with Crippen LogP contribution in [-0.4, -0.2) is 52.3 Å². The molecule has 0 aromatic heterocycles. The van der Waals surface area contributed by atoms with Crippen LogP contribution in [0.15, 0.2) is 0 Å². The Bertz CT molecular complexity index is 250. The summed E-state index contributed by atoms with van der Waals surface area (Å²) in [5.74, 6) is 1.82. The van der Waals surface area contributed by atoms with Crippen LogP contribution in [0.3, 0.4) is 0 Å². The molecule has 0 amide bonds. The Morgan fingerprint density at radius 3 is 2.53 bits per heavy atom. The summed E-state index contributed by atoms with van der Waals surface area (Å²) in [6, 6.07) is 1.33. The molecule has 2 heterocycles. The third-order valence-corrected chi connectivity index (χ3v) is 5.51. The summed E-state index contributed by atoms with van der Waals surface area (Å²) in [6.07, 6.45) is 6.15. The minimum atomic E-state index is -0.526. The lowest BCUT2D eigenvalue weighted by Crippen LogP contribution is -2.42. The maximum absolute atomic E-state index is 11.3. The van der Waals surface area contributed by atoms with Crippen molar-refractivity contribution in [2.24, 2.45) is 0 Å². The van der Waals surface area contributed by atoms with E-state index in [0.29, 0.717) is 12.1 Å². The van der Waals surface area contributed by atoms with Crippen molar-refractivity contribution in [2.45, 2.75) is 51.1 Å². The molecule has 2 rings (SSSR count). The quantitative estimate of drug-likeness (QED) is 0.829. The lowest BCUT2D eigenvalue weighted by molar-refractivity contribution is 0.294. The molecule has 2 aliphatic heterocycles. The number of likely N-dealkylation sites (tertiary alicyclic amines) is 1. The van der Waals surface area contributed by atoms with Gasteiger partial charge in [0.2, 0.25) is 0 Å². The molecule has 1 atom stereocenters. The van der Waals surface area contributed by atoms with E-state index in [1.54, 1.807) is 0 Å². The van der Waals surface area contributed by atoms with Crippen LogP contribution >= 0.6 is 0 Å². The van der Waals surface area contributed by atoms with Crippen LogP contribution in [0.1, 0.15) is 39.0 Å². The monoisotopic (exact) mass is 258 g/mol. The SMILES string of the molecule is CCN1CCCC(NC2CCS(=O)CC2)CC1. The molecular formula is C13H26N2OS. The van der Waals surface area contributed by atoms with Gasteiger partial charge < -0.3 is 10.2 Å². The molecule has 0 bridgehead atoms. The zero-order valence-electron chi connectivity index (χ0n) is 11.0. The Hall–Kier alpha value is 0.0700. The van der Waals surface area contributed by atoms with E-state index in [-0.39, 0.29) is 0 Å². The van der Waals surface area contributed by atoms with E-state index >= 15 is 0 Å². The second kappa shape index (κ2) is 6.86. The number of rotatable bonds is 3. The first-order chi connectivity index (χ1) is 8.28. The Morgan fingerprint density at radius 2 is 1.82 bits per heavy atom. The highest BCUT2D eigenvalue weighted by atomic mass is 32.2. The predicted octanol–water partition coefficient (Wildman–Crippen LogP) is 1.36. The van der Waals surface area contributed by atoms with Gasteiger partial charge in [0.15, 0.2) is 0 Å². The van der Waals surface area contributed by atoms with Gasteiger partial charge in [-0.2, -0.15) is 0 Å². The first-order valence-electron chi connectivity index (χ1n) is 7.11. The molecule has 4 heteroatoms. The summed E-state index contributed by atoms with van der Waals surface area (Å²) >= 11 is 0. The number of hydrogen-bond acceptors (Lipinski definition) is 3. The summed E-state index contributed by atoms with van der Waals surface area (Å²) in [5.41, 5.74) is 0. The standard InChI is InChI=1S/C13H26N2OS/c1-2-15-8-3-4-12(5-9-15)14-13-6-10-17(16)11-7-13/h12-14H,2-11H2,1H3. The molecule has 0 saturated carbocycles. The van der Waals surface area contributed by atoms with Crippen molar-refractivity contribution >= 4 is 10.8 Å². The Kier molecular flexibility index (Phi) is 5.45. The van der Waals surface area contributed by atoms with E-state index in [2.05, 4.69) is 17.1 Å². The van der Waals surface area contributed by atoms with Crippen LogP contribution in [0.5, 0.6) is 0 Å². The van der Waals surface area contributed by atoms with Crippen LogP contribution < -0.4 is 5.32 Å². The fourth-order valence-electron chi connectivity index (χ4n) is 2.93. The molecule has 2 fully saturated rings. The van der Waals surface area contributed by atoms with Gasteiger partial charge >= 0.3 is 0 Å². The van der Waals surface area contributed by atoms with Gasteiger partial charge in [-0.25, -0.2) is 0 Å². The second-order valence-corrected chi connectivity index (χ2v) is 7.05. The molecule has 1 unspecified atom stereocenters. The molecule has 100 valence electrons. The van der Waals surface area contributed by atoms with Gasteiger partial charge in [-0.15, -0.1) is 0 Å². The number of hydrogen-bond donors (Lipinski definition) is 1. The molecule has 2 saturated heterocycles. The van der Waals surface area contributed by atoms with Crippen molar-refractivity contribution < 1.29 is 4.21 Å². The fraction of sp³-hybridized carbons (Fsp3) is 1.00. The van der Waals surface area contributed by atoms with Gasteiger partial charge in [0.1, 0.15) is 0 Å². The first kappa shape index (κ1) is 13.5. The average molecular weight is 258 g/mol. The molecule has 1 N–H and O–H groups in total. The first-order valence-corrected chi connectivity index (χ1v) is 8.60. The molecule has 2 aliphatic rings. The lowest BCUT2D eigenvalue weighted by atomic mass is 10.1. The van der Waals surface area contributed by atoms with E-state index in [1.165, 1.54) is 38.9 Å². The van der Waals surface area contributed by atoms with Crippen molar-refractivity contribution in [3.05, 3.63) is 0 Å². The number of nitrogens with zero attached hydrogens (tertiary/aromatic N) is 1. The lowest BCUT2D eigenvalue weighted by Gasteiger charge is -2.27. The maximum atomic E-state index is 11.3. The summed E-state index contributed by atoms with van der Waals surface area (Å²) in [6.45, 7) is 5.95. The van der Waals surface area contributed by atoms with Crippen LogP contribution in [-0.2, 0) is 10.8 Å². The fourth-order valence-corrected chi connectivity index (χ4v) is 4.23. The Labute approximate surface area is 108 Å². The number of nitrogens with one attached hydrogen (secondary N) is 1. The van der Waals surface area contributed by atoms with Gasteiger partial charge in [0.05, 0.1) is 0 Å². The van der Waals surface area contributed by atoms with E-state index in [0.717, 1.165) is 24.3 Å². The Balaban J connectivity index is 1.73. The molecule has 0 aliphatic carbocycles. The minimum Gasteiger partial charge on any atom is -0.311 e. The van der Waals surface area contributed by atoms with Gasteiger partial charge in [-0.05, 0) is 51.7 Å². The van der Waals surface area contributed by atoms with Gasteiger partial charge in [-0.3, -0.25) is 4.21 Å². The smallest absolute Gasteiger partial charge is 0.0249 e. The van der Waals surface area contributed by atoms with Crippen LogP contribution in [0, 0.1) is 0 Å².